The Bertz CT molecular complexity index is 1110. The average Bonchev–Trinajstić information content (AvgIpc) is 3.03. The Balaban J connectivity index is 1.16. The number of amides is 1. The fourth-order valence-electron chi connectivity index (χ4n) is 5.38. The van der Waals surface area contributed by atoms with E-state index in [0.29, 0.717) is 43.3 Å². The molecule has 0 spiro atoms. The van der Waals surface area contributed by atoms with Crippen LogP contribution >= 0.6 is 0 Å². The largest absolute Gasteiger partial charge is 0.491 e. The van der Waals surface area contributed by atoms with Crippen LogP contribution in [0.3, 0.4) is 0 Å². The highest BCUT2D eigenvalue weighted by molar-refractivity contribution is 5.97. The van der Waals surface area contributed by atoms with Gasteiger partial charge in [-0.1, -0.05) is 24.3 Å². The number of carbonyl (C=O) groups is 1. The second-order valence-corrected chi connectivity index (χ2v) is 9.92. The average molecular weight is 491 g/mol. The smallest absolute Gasteiger partial charge is 0.257 e. The van der Waals surface area contributed by atoms with Crippen molar-refractivity contribution in [2.24, 2.45) is 0 Å². The van der Waals surface area contributed by atoms with Crippen LogP contribution in [0, 0.1) is 11.3 Å². The second-order valence-electron chi connectivity index (χ2n) is 9.92. The van der Waals surface area contributed by atoms with Crippen molar-refractivity contribution in [1.82, 2.24) is 14.7 Å². The number of β-amino-alcohol motifs (C(OH)–C–C–N with tert-alkyl or cyclic N) is 1. The van der Waals surface area contributed by atoms with Gasteiger partial charge in [0.05, 0.1) is 30.8 Å². The fourth-order valence-corrected chi connectivity index (χ4v) is 5.38. The maximum atomic E-state index is 13.3. The van der Waals surface area contributed by atoms with Gasteiger partial charge in [0.1, 0.15) is 24.2 Å². The predicted molar refractivity (Wildman–Crippen MR) is 135 cm³/mol. The lowest BCUT2D eigenvalue weighted by molar-refractivity contribution is 0.0501. The zero-order valence-corrected chi connectivity index (χ0v) is 20.6. The molecule has 1 fully saturated rings. The highest BCUT2D eigenvalue weighted by atomic mass is 16.5. The monoisotopic (exact) mass is 490 g/mol. The van der Waals surface area contributed by atoms with E-state index >= 15 is 0 Å². The van der Waals surface area contributed by atoms with Crippen LogP contribution in [0.25, 0.3) is 0 Å². The van der Waals surface area contributed by atoms with E-state index in [-0.39, 0.29) is 18.6 Å². The molecule has 1 N–H and O–H groups in total. The maximum absolute atomic E-state index is 13.3. The minimum absolute atomic E-state index is 0.0906. The van der Waals surface area contributed by atoms with Crippen LogP contribution in [0.15, 0.2) is 42.5 Å². The maximum Gasteiger partial charge on any atom is 0.257 e. The molecule has 8 heteroatoms. The van der Waals surface area contributed by atoms with E-state index in [9.17, 15) is 9.90 Å². The number of ether oxygens (including phenoxy) is 2. The first kappa shape index (κ1) is 24.6. The Morgan fingerprint density at radius 1 is 1.06 bits per heavy atom. The number of fused-ring (bicyclic) bond motifs is 2. The first-order valence-electron chi connectivity index (χ1n) is 12.9. The van der Waals surface area contributed by atoms with Crippen molar-refractivity contribution in [3.63, 3.8) is 0 Å². The summed E-state index contributed by atoms with van der Waals surface area (Å²) in [7, 11) is 0. The summed E-state index contributed by atoms with van der Waals surface area (Å²) in [5.74, 6) is 1.10. The van der Waals surface area contributed by atoms with Gasteiger partial charge in [0.25, 0.3) is 5.91 Å². The quantitative estimate of drug-likeness (QED) is 0.596. The van der Waals surface area contributed by atoms with Gasteiger partial charge in [-0.15, -0.1) is 0 Å². The Kier molecular flexibility index (Phi) is 7.71. The van der Waals surface area contributed by atoms with E-state index in [1.165, 1.54) is 11.1 Å². The van der Waals surface area contributed by atoms with Gasteiger partial charge in [0.2, 0.25) is 0 Å². The highest BCUT2D eigenvalue weighted by Gasteiger charge is 2.28. The zero-order chi connectivity index (χ0) is 24.9. The van der Waals surface area contributed by atoms with Crippen molar-refractivity contribution in [2.75, 3.05) is 52.4 Å². The van der Waals surface area contributed by atoms with Gasteiger partial charge in [0, 0.05) is 45.3 Å². The van der Waals surface area contributed by atoms with Crippen molar-refractivity contribution >= 4 is 5.91 Å². The van der Waals surface area contributed by atoms with Gasteiger partial charge in [-0.25, -0.2) is 0 Å². The summed E-state index contributed by atoms with van der Waals surface area (Å²) in [5.41, 5.74) is 3.20. The number of aliphatic hydroxyl groups excluding tert-OH is 1. The lowest BCUT2D eigenvalue weighted by Crippen LogP contribution is -2.44. The molecule has 2 aromatic carbocycles. The van der Waals surface area contributed by atoms with Crippen LogP contribution in [0.2, 0.25) is 0 Å². The number of piperidine rings is 1. The molecular formula is C28H34N4O4. The molecule has 5 rings (SSSR count). The molecular weight excluding hydrogens is 456 g/mol. The number of aliphatic hydroxyl groups is 1. The van der Waals surface area contributed by atoms with E-state index in [1.54, 1.807) is 17.0 Å². The molecule has 3 aliphatic rings. The van der Waals surface area contributed by atoms with E-state index in [2.05, 4.69) is 40.1 Å². The van der Waals surface area contributed by atoms with Crippen molar-refractivity contribution < 1.29 is 19.4 Å². The Morgan fingerprint density at radius 2 is 1.86 bits per heavy atom. The van der Waals surface area contributed by atoms with Crippen LogP contribution in [0.1, 0.15) is 34.3 Å². The number of rotatable bonds is 7. The first-order chi connectivity index (χ1) is 17.6. The van der Waals surface area contributed by atoms with Crippen LogP contribution < -0.4 is 9.47 Å². The lowest BCUT2D eigenvalue weighted by Gasteiger charge is -2.32. The molecule has 190 valence electrons. The Labute approximate surface area is 212 Å². The van der Waals surface area contributed by atoms with Gasteiger partial charge in [-0.3, -0.25) is 14.6 Å². The molecule has 1 unspecified atom stereocenters. The number of nitrogens with zero attached hydrogens (tertiary/aromatic N) is 4. The van der Waals surface area contributed by atoms with Crippen LogP contribution in [0.4, 0.5) is 0 Å². The summed E-state index contributed by atoms with van der Waals surface area (Å²) in [5, 5.41) is 19.7. The molecule has 3 heterocycles. The van der Waals surface area contributed by atoms with Crippen molar-refractivity contribution in [3.05, 3.63) is 59.2 Å². The van der Waals surface area contributed by atoms with Gasteiger partial charge in [-0.05, 0) is 42.5 Å². The zero-order valence-electron chi connectivity index (χ0n) is 20.6. The van der Waals surface area contributed by atoms with E-state index in [4.69, 9.17) is 14.7 Å². The molecule has 0 radical (unpaired) electrons. The molecule has 1 saturated heterocycles. The van der Waals surface area contributed by atoms with Gasteiger partial charge < -0.3 is 19.5 Å². The van der Waals surface area contributed by atoms with Crippen molar-refractivity contribution in [3.8, 4) is 17.6 Å². The highest BCUT2D eigenvalue weighted by Crippen LogP contribution is 2.30. The molecule has 0 aliphatic carbocycles. The van der Waals surface area contributed by atoms with Crippen LogP contribution in [-0.2, 0) is 13.0 Å². The summed E-state index contributed by atoms with van der Waals surface area (Å²) >= 11 is 0. The predicted octanol–water partition coefficient (Wildman–Crippen LogP) is 2.31. The molecule has 0 bridgehead atoms. The molecule has 0 saturated carbocycles. The minimum Gasteiger partial charge on any atom is -0.491 e. The molecule has 1 amide bonds. The number of benzene rings is 2. The van der Waals surface area contributed by atoms with E-state index in [0.717, 1.165) is 45.4 Å². The summed E-state index contributed by atoms with van der Waals surface area (Å²) in [6, 6.07) is 16.1. The molecule has 0 aromatic heterocycles. The number of nitriles is 1. The topological polar surface area (TPSA) is 89.3 Å². The third kappa shape index (κ3) is 5.81. The lowest BCUT2D eigenvalue weighted by atomic mass is 10.00. The summed E-state index contributed by atoms with van der Waals surface area (Å²) in [4.78, 5) is 19.4. The van der Waals surface area contributed by atoms with Crippen LogP contribution in [-0.4, -0.2) is 90.3 Å². The third-order valence-electron chi connectivity index (χ3n) is 7.33. The Morgan fingerprint density at radius 3 is 2.67 bits per heavy atom. The summed E-state index contributed by atoms with van der Waals surface area (Å²) < 4.78 is 12.1. The molecule has 3 aliphatic heterocycles. The fraction of sp³-hybridized carbons (Fsp3) is 0.500. The number of hydrogen-bond donors (Lipinski definition) is 1. The molecule has 2 aromatic rings. The first-order valence-corrected chi connectivity index (χ1v) is 12.9. The molecule has 8 nitrogen and oxygen atoms in total. The Hall–Kier alpha value is -3.12. The van der Waals surface area contributed by atoms with E-state index in [1.807, 2.05) is 6.07 Å². The van der Waals surface area contributed by atoms with Gasteiger partial charge in [-0.2, -0.15) is 5.26 Å². The standard InChI is InChI=1S/C28H34N4O4/c29-10-14-30-12-8-24(9-13-30)36-25-5-6-26-27(17-25)35-16-15-32(28(26)34)20-23(33)19-31-11-7-21-3-1-2-4-22(21)18-31/h1-6,17,23-24,33H,7-9,11-16,18-20H2. The van der Waals surface area contributed by atoms with Crippen molar-refractivity contribution in [1.29, 1.82) is 5.26 Å². The number of carbonyl (C=O) groups excluding carboxylic acids is 1. The van der Waals surface area contributed by atoms with E-state index < -0.39 is 6.10 Å². The van der Waals surface area contributed by atoms with Crippen molar-refractivity contribution in [2.45, 2.75) is 38.0 Å². The number of likely N-dealkylation sites (tertiary alicyclic amines) is 1. The molecule has 1 atom stereocenters. The number of hydrogen-bond acceptors (Lipinski definition) is 7. The minimum atomic E-state index is -0.629. The molecule has 36 heavy (non-hydrogen) atoms. The van der Waals surface area contributed by atoms with Gasteiger partial charge in [0.15, 0.2) is 0 Å². The third-order valence-corrected chi connectivity index (χ3v) is 7.33. The van der Waals surface area contributed by atoms with Crippen LogP contribution in [0.5, 0.6) is 11.5 Å². The van der Waals surface area contributed by atoms with Gasteiger partial charge >= 0.3 is 0 Å². The SMILES string of the molecule is N#CCN1CCC(Oc2ccc3c(c2)OCCN(CC(O)CN2CCc4ccccc4C2)C3=O)CC1. The normalized spacial score (nSPS) is 20.0. The summed E-state index contributed by atoms with van der Waals surface area (Å²) in [6.07, 6.45) is 2.18. The summed E-state index contributed by atoms with van der Waals surface area (Å²) in [6.45, 7) is 5.50. The second kappa shape index (κ2) is 11.3.